The van der Waals surface area contributed by atoms with Gasteiger partial charge in [0.2, 0.25) is 19.3 Å². The minimum absolute atomic E-state index is 0.0602. The molecule has 0 radical (unpaired) electrons. The maximum absolute atomic E-state index is 14.3. The number of amides is 2. The van der Waals surface area contributed by atoms with Gasteiger partial charge < -0.3 is 34.3 Å². The Morgan fingerprint density at radius 3 is 1.92 bits per heavy atom. The van der Waals surface area contributed by atoms with Gasteiger partial charge in [0.1, 0.15) is 33.0 Å². The monoisotopic (exact) mass is 1010 g/mol. The molecule has 0 spiro atoms. The van der Waals surface area contributed by atoms with Gasteiger partial charge in [0.15, 0.2) is 23.0 Å². The fourth-order valence-corrected chi connectivity index (χ4v) is 9.87. The van der Waals surface area contributed by atoms with E-state index >= 15 is 0 Å². The number of halogens is 2. The fraction of sp³-hybridized carbons (Fsp3) is 0.185. The van der Waals surface area contributed by atoms with Crippen LogP contribution in [-0.4, -0.2) is 45.2 Å². The third-order valence-electron chi connectivity index (χ3n) is 11.8. The first kappa shape index (κ1) is 47.3. The van der Waals surface area contributed by atoms with E-state index in [-0.39, 0.29) is 30.9 Å². The smallest absolute Gasteiger partial charge is 0.275 e. The molecule has 13 nitrogen and oxygen atoms in total. The van der Waals surface area contributed by atoms with Crippen molar-refractivity contribution in [3.05, 3.63) is 198 Å². The van der Waals surface area contributed by atoms with Crippen LogP contribution in [0.15, 0.2) is 132 Å². The number of thiazole rings is 2. The Morgan fingerprint density at radius 2 is 1.21 bits per heavy atom. The molecule has 2 aliphatic heterocycles. The second kappa shape index (κ2) is 21.3. The number of aryl methyl sites for hydroxylation is 2. The van der Waals surface area contributed by atoms with Gasteiger partial charge in [-0.05, 0) is 120 Å². The van der Waals surface area contributed by atoms with Crippen LogP contribution in [0.2, 0.25) is 5.02 Å². The van der Waals surface area contributed by atoms with Gasteiger partial charge in [-0.15, -0.1) is 22.7 Å². The Bertz CT molecular complexity index is 3220. The summed E-state index contributed by atoms with van der Waals surface area (Å²) < 4.78 is 43.9. The van der Waals surface area contributed by atoms with Crippen molar-refractivity contribution >= 4 is 57.5 Å². The van der Waals surface area contributed by atoms with Crippen LogP contribution in [0.1, 0.15) is 64.4 Å². The number of benzene rings is 6. The third kappa shape index (κ3) is 11.8. The van der Waals surface area contributed by atoms with Crippen LogP contribution in [0.4, 0.5) is 15.8 Å². The summed E-state index contributed by atoms with van der Waals surface area (Å²) in [7, 11) is 0. The minimum atomic E-state index is -0.521. The molecule has 0 saturated heterocycles. The van der Waals surface area contributed by atoms with Crippen LogP contribution in [0.3, 0.4) is 0 Å². The standard InChI is InChI=1S/C54H46ClFN6O7S2/c1-33-7-15-40(19-34(33)2)57-53(63)44-29-70-51(58-44)28-62(23-35-8-13-39(55)14-9-35)26-38-21-48-52(68-32-67-48)49(22-38)69-41-16-10-36(11-17-41)24-61(25-37-12-18-46-47(20-37)66-31-65-46)27-50-59-45(30-71-50)54(64)60-43-6-4-3-5-42(43)56/h3-22,29-30H,23-28,31-32H2,1-2H3,(H,57,63)(H,60,64). The molecule has 0 bridgehead atoms. The lowest BCUT2D eigenvalue weighted by Gasteiger charge is -2.22. The zero-order valence-corrected chi connectivity index (χ0v) is 41.0. The predicted molar refractivity (Wildman–Crippen MR) is 271 cm³/mol. The molecule has 2 aromatic heterocycles. The molecular weight excluding hydrogens is 963 g/mol. The van der Waals surface area contributed by atoms with Crippen molar-refractivity contribution in [2.24, 2.45) is 0 Å². The van der Waals surface area contributed by atoms with Gasteiger partial charge in [-0.25, -0.2) is 14.4 Å². The van der Waals surface area contributed by atoms with E-state index in [1.54, 1.807) is 22.9 Å². The quantitative estimate of drug-likeness (QED) is 0.0850. The first-order valence-electron chi connectivity index (χ1n) is 22.6. The molecule has 8 aromatic rings. The number of carbonyl (C=O) groups excluding carboxylic acids is 2. The molecule has 0 saturated carbocycles. The van der Waals surface area contributed by atoms with Gasteiger partial charge in [0, 0.05) is 47.6 Å². The van der Waals surface area contributed by atoms with Gasteiger partial charge >= 0.3 is 0 Å². The van der Waals surface area contributed by atoms with E-state index in [1.165, 1.54) is 34.8 Å². The molecule has 71 heavy (non-hydrogen) atoms. The second-order valence-corrected chi connectivity index (χ2v) is 19.4. The molecule has 0 fully saturated rings. The van der Waals surface area contributed by atoms with Crippen LogP contribution in [0, 0.1) is 19.7 Å². The van der Waals surface area contributed by atoms with E-state index < -0.39 is 11.7 Å². The number of hydrogen-bond donors (Lipinski definition) is 2. The van der Waals surface area contributed by atoms with Gasteiger partial charge in [0.05, 0.1) is 18.8 Å². The summed E-state index contributed by atoms with van der Waals surface area (Å²) in [5.41, 5.74) is 7.64. The SMILES string of the molecule is Cc1ccc(NC(=O)c2csc(CN(Cc3ccc(Cl)cc3)Cc3cc4c(c(Oc5ccc(CN(Cc6ccc7c(c6)OCO7)Cc6nc(C(=O)Nc7ccccc7F)cs6)cc5)c3)OCO4)n2)cc1C. The number of aromatic nitrogens is 2. The molecule has 4 heterocycles. The lowest BCUT2D eigenvalue weighted by Crippen LogP contribution is -2.22. The Balaban J connectivity index is 0.843. The van der Waals surface area contributed by atoms with Crippen LogP contribution in [0.25, 0.3) is 0 Å². The van der Waals surface area contributed by atoms with Crippen LogP contribution in [0.5, 0.6) is 34.5 Å². The minimum Gasteiger partial charge on any atom is -0.454 e. The second-order valence-electron chi connectivity index (χ2n) is 17.1. The molecule has 0 unspecified atom stereocenters. The predicted octanol–water partition coefficient (Wildman–Crippen LogP) is 12.2. The van der Waals surface area contributed by atoms with Crippen LogP contribution < -0.4 is 34.3 Å². The highest BCUT2D eigenvalue weighted by molar-refractivity contribution is 7.10. The van der Waals surface area contributed by atoms with Crippen molar-refractivity contribution in [2.75, 3.05) is 24.2 Å². The summed E-state index contributed by atoms with van der Waals surface area (Å²) in [5.74, 6) is 2.32. The molecule has 17 heteroatoms. The molecule has 0 aliphatic carbocycles. The number of para-hydroxylation sites is 1. The number of ether oxygens (including phenoxy) is 5. The number of nitrogens with zero attached hydrogens (tertiary/aromatic N) is 4. The van der Waals surface area contributed by atoms with Crippen molar-refractivity contribution in [1.29, 1.82) is 0 Å². The largest absolute Gasteiger partial charge is 0.454 e. The number of anilines is 2. The molecule has 0 atom stereocenters. The van der Waals surface area contributed by atoms with Crippen molar-refractivity contribution in [3.8, 4) is 34.5 Å². The van der Waals surface area contributed by atoms with E-state index in [1.807, 2.05) is 111 Å². The highest BCUT2D eigenvalue weighted by Crippen LogP contribution is 2.44. The summed E-state index contributed by atoms with van der Waals surface area (Å²) in [6.07, 6.45) is 0. The lowest BCUT2D eigenvalue weighted by molar-refractivity contribution is 0.101. The molecule has 2 amide bonds. The van der Waals surface area contributed by atoms with Gasteiger partial charge in [-0.1, -0.05) is 60.1 Å². The average Bonchev–Trinajstić information content (AvgIpc) is 4.21. The number of hydrogen-bond acceptors (Lipinski definition) is 13. The molecule has 2 N–H and O–H groups in total. The first-order valence-corrected chi connectivity index (χ1v) is 24.8. The lowest BCUT2D eigenvalue weighted by atomic mass is 10.1. The number of rotatable bonds is 18. The molecular formula is C54H46ClFN6O7S2. The zero-order chi connectivity index (χ0) is 48.8. The third-order valence-corrected chi connectivity index (χ3v) is 13.7. The summed E-state index contributed by atoms with van der Waals surface area (Å²) in [6.45, 7) is 7.34. The molecule has 2 aliphatic rings. The van der Waals surface area contributed by atoms with Gasteiger partial charge in [-0.2, -0.15) is 0 Å². The summed E-state index contributed by atoms with van der Waals surface area (Å²) in [5, 5.41) is 11.2. The van der Waals surface area contributed by atoms with E-state index in [0.29, 0.717) is 84.5 Å². The summed E-state index contributed by atoms with van der Waals surface area (Å²) in [6, 6.07) is 37.3. The fourth-order valence-electron chi connectivity index (χ4n) is 8.11. The average molecular weight is 1010 g/mol. The number of nitrogens with one attached hydrogen (secondary N) is 2. The Labute approximate surface area is 422 Å². The Kier molecular flexibility index (Phi) is 14.2. The van der Waals surface area contributed by atoms with E-state index in [9.17, 15) is 14.0 Å². The first-order chi connectivity index (χ1) is 34.5. The summed E-state index contributed by atoms with van der Waals surface area (Å²) >= 11 is 9.06. The van der Waals surface area contributed by atoms with Crippen LogP contribution >= 0.6 is 34.3 Å². The summed E-state index contributed by atoms with van der Waals surface area (Å²) in [4.78, 5) is 40.1. The highest BCUT2D eigenvalue weighted by Gasteiger charge is 2.24. The van der Waals surface area contributed by atoms with Crippen molar-refractivity contribution < 1.29 is 37.7 Å². The van der Waals surface area contributed by atoms with Gasteiger partial charge in [-0.3, -0.25) is 19.4 Å². The molecule has 10 rings (SSSR count). The van der Waals surface area contributed by atoms with E-state index in [4.69, 9.17) is 40.3 Å². The Morgan fingerprint density at radius 1 is 0.620 bits per heavy atom. The normalized spacial score (nSPS) is 12.4. The zero-order valence-electron chi connectivity index (χ0n) is 38.6. The van der Waals surface area contributed by atoms with E-state index in [0.717, 1.165) is 49.1 Å². The molecule has 360 valence electrons. The molecule has 6 aromatic carbocycles. The van der Waals surface area contributed by atoms with Crippen molar-refractivity contribution in [1.82, 2.24) is 19.8 Å². The number of carbonyl (C=O) groups is 2. The van der Waals surface area contributed by atoms with E-state index in [2.05, 4.69) is 25.4 Å². The number of fused-ring (bicyclic) bond motifs is 2. The Hall–Kier alpha value is -7.34. The maximum Gasteiger partial charge on any atom is 0.275 e. The van der Waals surface area contributed by atoms with Crippen LogP contribution in [-0.2, 0) is 39.3 Å². The highest BCUT2D eigenvalue weighted by atomic mass is 35.5. The maximum atomic E-state index is 14.3. The van der Waals surface area contributed by atoms with Gasteiger partial charge in [0.25, 0.3) is 11.8 Å². The van der Waals surface area contributed by atoms with Crippen molar-refractivity contribution in [3.63, 3.8) is 0 Å². The van der Waals surface area contributed by atoms with Crippen molar-refractivity contribution in [2.45, 2.75) is 53.1 Å². The topological polar surface area (TPSA) is 137 Å².